The minimum atomic E-state index is -3.74. The summed E-state index contributed by atoms with van der Waals surface area (Å²) >= 11 is 0. The van der Waals surface area contributed by atoms with Crippen LogP contribution in [-0.4, -0.2) is 16.7 Å². The molecule has 5 heteroatoms. The van der Waals surface area contributed by atoms with E-state index in [0.717, 1.165) is 23.6 Å². The molecule has 1 aromatic rings. The van der Waals surface area contributed by atoms with Crippen molar-refractivity contribution in [2.45, 2.75) is 109 Å². The van der Waals surface area contributed by atoms with Gasteiger partial charge in [0, 0.05) is 0 Å². The Balaban J connectivity index is 3.02. The molecule has 0 radical (unpaired) electrons. The molecule has 1 rings (SSSR count). The highest BCUT2D eigenvalue weighted by molar-refractivity contribution is 7.87. The average molecular weight is 413 g/mol. The third-order valence-corrected chi connectivity index (χ3v) is 13.6. The molecule has 0 spiro atoms. The fraction of sp³-hybridized carbons (Fsp3) is 0.727. The summed E-state index contributed by atoms with van der Waals surface area (Å²) in [6.45, 7) is 14.6. The van der Waals surface area contributed by atoms with Crippen LogP contribution in [0.1, 0.15) is 84.3 Å². The number of unbranched alkanes of at least 4 members (excludes halogenated alkanes) is 5. The van der Waals surface area contributed by atoms with Crippen LogP contribution in [0.5, 0.6) is 0 Å². The van der Waals surface area contributed by atoms with Crippen LogP contribution in [0.2, 0.25) is 17.1 Å². The summed E-state index contributed by atoms with van der Waals surface area (Å²) in [6, 6.07) is 6.36. The lowest BCUT2D eigenvalue weighted by molar-refractivity contribution is 0.452. The zero-order valence-corrected chi connectivity index (χ0v) is 20.3. The van der Waals surface area contributed by atoms with Crippen molar-refractivity contribution in [3.8, 4) is 0 Å². The first kappa shape index (κ1) is 24.4. The Bertz CT molecular complexity index is 653. The van der Waals surface area contributed by atoms with E-state index in [0.29, 0.717) is 4.90 Å². The second kappa shape index (κ2) is 10.8. The highest BCUT2D eigenvalue weighted by atomic mass is 32.2. The van der Waals surface area contributed by atoms with Gasteiger partial charge in [0.1, 0.15) is 0 Å². The van der Waals surface area contributed by atoms with Gasteiger partial charge in [0.2, 0.25) is 8.32 Å². The first-order valence-electron chi connectivity index (χ1n) is 10.6. The highest BCUT2D eigenvalue weighted by Gasteiger charge is 2.45. The number of aryl methyl sites for hydroxylation is 2. The second-order valence-electron chi connectivity index (χ2n) is 8.64. The van der Waals surface area contributed by atoms with Crippen LogP contribution in [-0.2, 0) is 14.0 Å². The molecule has 1 aromatic carbocycles. The van der Waals surface area contributed by atoms with Gasteiger partial charge in [0.15, 0.2) is 0 Å². The Kier molecular flexibility index (Phi) is 9.73. The predicted molar refractivity (Wildman–Crippen MR) is 118 cm³/mol. The predicted octanol–water partition coefficient (Wildman–Crippen LogP) is 7.13. The molecule has 0 heterocycles. The molecule has 0 unspecified atom stereocenters. The number of hydrogen-bond acceptors (Lipinski definition) is 3. The minimum Gasteiger partial charge on any atom is -0.311 e. The third kappa shape index (κ3) is 7.03. The third-order valence-electron chi connectivity index (χ3n) is 5.62. The van der Waals surface area contributed by atoms with Gasteiger partial charge in [0.25, 0.3) is 10.1 Å². The fourth-order valence-corrected chi connectivity index (χ4v) is 11.8. The number of benzene rings is 1. The molecule has 0 saturated carbocycles. The van der Waals surface area contributed by atoms with Crippen LogP contribution in [0.15, 0.2) is 23.1 Å². The summed E-state index contributed by atoms with van der Waals surface area (Å²) in [6.07, 6.45) is 7.27. The molecule has 0 N–H and O–H groups in total. The fourth-order valence-electron chi connectivity index (χ4n) is 3.99. The normalized spacial score (nSPS) is 12.9. The lowest BCUT2D eigenvalue weighted by atomic mass is 10.1. The van der Waals surface area contributed by atoms with Gasteiger partial charge in [-0.15, -0.1) is 0 Å². The van der Waals surface area contributed by atoms with E-state index in [-0.39, 0.29) is 11.1 Å². The quantitative estimate of drug-likeness (QED) is 0.271. The summed E-state index contributed by atoms with van der Waals surface area (Å²) in [5.74, 6) is 0. The lowest BCUT2D eigenvalue weighted by Gasteiger charge is -2.37. The summed E-state index contributed by atoms with van der Waals surface area (Å²) in [7, 11) is -6.20. The smallest absolute Gasteiger partial charge is 0.287 e. The molecule has 0 aliphatic rings. The van der Waals surface area contributed by atoms with Crippen molar-refractivity contribution in [2.75, 3.05) is 0 Å². The zero-order valence-electron chi connectivity index (χ0n) is 18.5. The van der Waals surface area contributed by atoms with E-state index < -0.39 is 18.4 Å². The molecular formula is C22H40O3SSi. The van der Waals surface area contributed by atoms with E-state index in [4.69, 9.17) is 3.87 Å². The maximum Gasteiger partial charge on any atom is 0.287 e. The van der Waals surface area contributed by atoms with Crippen molar-refractivity contribution < 1.29 is 12.3 Å². The van der Waals surface area contributed by atoms with E-state index >= 15 is 0 Å². The van der Waals surface area contributed by atoms with Gasteiger partial charge in [0.05, 0.1) is 4.90 Å². The van der Waals surface area contributed by atoms with E-state index in [1.54, 1.807) is 12.1 Å². The van der Waals surface area contributed by atoms with Crippen LogP contribution in [0.3, 0.4) is 0 Å². The molecule has 156 valence electrons. The minimum absolute atomic E-state index is 0.258. The maximum absolute atomic E-state index is 13.1. The van der Waals surface area contributed by atoms with E-state index in [2.05, 4.69) is 34.6 Å². The van der Waals surface area contributed by atoms with Crippen molar-refractivity contribution in [1.82, 2.24) is 0 Å². The van der Waals surface area contributed by atoms with Crippen molar-refractivity contribution in [2.24, 2.45) is 0 Å². The van der Waals surface area contributed by atoms with Crippen LogP contribution in [0, 0.1) is 13.8 Å². The highest BCUT2D eigenvalue weighted by Crippen LogP contribution is 2.41. The monoisotopic (exact) mass is 412 g/mol. The molecule has 0 atom stereocenters. The van der Waals surface area contributed by atoms with E-state index in [1.807, 2.05) is 19.9 Å². The van der Waals surface area contributed by atoms with Gasteiger partial charge in [-0.05, 0) is 54.2 Å². The van der Waals surface area contributed by atoms with E-state index in [9.17, 15) is 8.42 Å². The van der Waals surface area contributed by atoms with Gasteiger partial charge in [-0.3, -0.25) is 0 Å². The molecule has 0 bridgehead atoms. The summed E-state index contributed by atoms with van der Waals surface area (Å²) < 4.78 is 32.5. The lowest BCUT2D eigenvalue weighted by Crippen LogP contribution is -2.46. The molecule has 0 aliphatic carbocycles. The zero-order chi connectivity index (χ0) is 20.7. The molecule has 0 fully saturated rings. The molecular weight excluding hydrogens is 372 g/mol. The van der Waals surface area contributed by atoms with Crippen LogP contribution < -0.4 is 0 Å². The van der Waals surface area contributed by atoms with E-state index in [1.165, 1.54) is 32.1 Å². The molecule has 0 amide bonds. The topological polar surface area (TPSA) is 43.4 Å². The standard InChI is InChI=1S/C22H40O3SSi/c1-8-9-10-11-12-13-14-27(18(2)3,19(4)5)25-26(23,24)22-16-20(6)15-21(7)17-22/h15-19H,8-14H2,1-7H3. The first-order valence-corrected chi connectivity index (χ1v) is 14.3. The van der Waals surface area contributed by atoms with Crippen molar-refractivity contribution in [3.05, 3.63) is 29.3 Å². The summed E-state index contributed by atoms with van der Waals surface area (Å²) in [5, 5.41) is 0. The number of rotatable bonds is 12. The van der Waals surface area contributed by atoms with Gasteiger partial charge in [-0.1, -0.05) is 79.2 Å². The van der Waals surface area contributed by atoms with Crippen LogP contribution >= 0.6 is 0 Å². The molecule has 27 heavy (non-hydrogen) atoms. The summed E-state index contributed by atoms with van der Waals surface area (Å²) in [5.41, 5.74) is 2.42. The second-order valence-corrected chi connectivity index (χ2v) is 15.4. The molecule has 3 nitrogen and oxygen atoms in total. The number of hydrogen-bond donors (Lipinski definition) is 0. The van der Waals surface area contributed by atoms with Crippen molar-refractivity contribution in [3.63, 3.8) is 0 Å². The largest absolute Gasteiger partial charge is 0.311 e. The van der Waals surface area contributed by atoms with Crippen LogP contribution in [0.25, 0.3) is 0 Å². The average Bonchev–Trinajstić information content (AvgIpc) is 2.55. The summed E-state index contributed by atoms with van der Waals surface area (Å²) in [4.78, 5) is 0.307. The van der Waals surface area contributed by atoms with Gasteiger partial charge in [-0.25, -0.2) is 0 Å². The Morgan fingerprint density at radius 3 is 1.81 bits per heavy atom. The van der Waals surface area contributed by atoms with Gasteiger partial charge < -0.3 is 3.87 Å². The first-order chi connectivity index (χ1) is 12.5. The molecule has 0 saturated heterocycles. The van der Waals surface area contributed by atoms with Gasteiger partial charge >= 0.3 is 0 Å². The Labute approximate surface area is 169 Å². The maximum atomic E-state index is 13.1. The van der Waals surface area contributed by atoms with Gasteiger partial charge in [-0.2, -0.15) is 8.42 Å². The van der Waals surface area contributed by atoms with Crippen molar-refractivity contribution >= 4 is 18.4 Å². The Morgan fingerprint density at radius 2 is 1.33 bits per heavy atom. The Morgan fingerprint density at radius 1 is 0.852 bits per heavy atom. The van der Waals surface area contributed by atoms with Crippen LogP contribution in [0.4, 0.5) is 0 Å². The SMILES string of the molecule is CCCCCCCC[Si](OS(=O)(=O)c1cc(C)cc(C)c1)(C(C)C)C(C)C. The molecule has 0 aromatic heterocycles. The van der Waals surface area contributed by atoms with Crippen molar-refractivity contribution in [1.29, 1.82) is 0 Å². The Hall–Kier alpha value is -0.653. The molecule has 0 aliphatic heterocycles.